The molecule has 8 nitrogen and oxygen atoms in total. The molecule has 11 heteroatoms. The first-order valence-electron chi connectivity index (χ1n) is 14.3. The summed E-state index contributed by atoms with van der Waals surface area (Å²) in [5.41, 5.74) is 6.13. The molecule has 237 valence electrons. The average Bonchev–Trinajstić information content (AvgIpc) is 3.77. The smallest absolute Gasteiger partial charge is 0.242 e. The van der Waals surface area contributed by atoms with E-state index >= 15 is 0 Å². The molecular weight excluding hydrogens is 775 g/mol. The zero-order valence-corrected chi connectivity index (χ0v) is 28.0. The van der Waals surface area contributed by atoms with Crippen LogP contribution >= 0.6 is 0 Å². The van der Waals surface area contributed by atoms with Gasteiger partial charge in [-0.05, 0) is 24.9 Å². The summed E-state index contributed by atoms with van der Waals surface area (Å²) in [4.78, 5) is 8.19. The van der Waals surface area contributed by atoms with E-state index in [1.54, 1.807) is 34.4 Å². The number of rotatable bonds is 3. The molecule has 0 aliphatic carbocycles. The SMILES string of the molecule is C[n+]1[c-]n(-c2[c-]ccc(F)c2)c2ccccc21.C[n+]1[c-]n(-c2[c-]ccc(F)c2)c2ccccc21.Cc1n[n-]c(-c2ccccn2)n1.[Ir]. The molecule has 0 fully saturated rings. The fraction of sp³-hybridized carbons (Fsp3) is 0.0833. The van der Waals surface area contributed by atoms with Crippen LogP contribution in [-0.2, 0) is 34.2 Å². The van der Waals surface area contributed by atoms with E-state index in [9.17, 15) is 8.78 Å². The number of benzene rings is 4. The van der Waals surface area contributed by atoms with E-state index in [1.807, 2.05) is 90.0 Å². The van der Waals surface area contributed by atoms with Gasteiger partial charge in [-0.15, -0.1) is 24.3 Å². The molecule has 0 aliphatic rings. The number of para-hydroxylation sites is 4. The normalized spacial score (nSPS) is 10.5. The quantitative estimate of drug-likeness (QED) is 0.182. The maximum atomic E-state index is 13.2. The average molecular weight is 802 g/mol. The van der Waals surface area contributed by atoms with Crippen LogP contribution in [0.25, 0.3) is 45.0 Å². The zero-order valence-electron chi connectivity index (χ0n) is 25.6. The maximum absolute atomic E-state index is 13.2. The Hall–Kier alpha value is -5.38. The van der Waals surface area contributed by atoms with E-state index in [1.165, 1.54) is 24.3 Å². The topological polar surface area (TPSA) is 70.4 Å². The van der Waals surface area contributed by atoms with Crippen LogP contribution in [0, 0.1) is 43.3 Å². The first-order valence-corrected chi connectivity index (χ1v) is 14.3. The Bertz CT molecular complexity index is 2120. The second-order valence-electron chi connectivity index (χ2n) is 10.1. The number of halogens is 2. The largest absolute Gasteiger partial charge is 0.421 e. The van der Waals surface area contributed by atoms with Gasteiger partial charge in [-0.1, -0.05) is 66.0 Å². The summed E-state index contributed by atoms with van der Waals surface area (Å²) in [6, 6.07) is 36.2. The van der Waals surface area contributed by atoms with Crippen molar-refractivity contribution in [1.82, 2.24) is 29.3 Å². The molecule has 0 bridgehead atoms. The van der Waals surface area contributed by atoms with Crippen LogP contribution in [0.3, 0.4) is 0 Å². The van der Waals surface area contributed by atoms with Crippen molar-refractivity contribution < 1.29 is 38.0 Å². The van der Waals surface area contributed by atoms with Gasteiger partial charge in [-0.25, -0.2) is 8.78 Å². The summed E-state index contributed by atoms with van der Waals surface area (Å²) in [6.07, 6.45) is 7.97. The third-order valence-corrected chi connectivity index (χ3v) is 6.90. The second-order valence-corrected chi connectivity index (χ2v) is 10.1. The molecule has 1 radical (unpaired) electrons. The molecule has 0 aliphatic heterocycles. The number of imidazole rings is 2. The number of aromatic nitrogens is 8. The molecule has 4 aromatic carbocycles. The van der Waals surface area contributed by atoms with Crippen molar-refractivity contribution in [2.24, 2.45) is 14.1 Å². The van der Waals surface area contributed by atoms with E-state index in [0.29, 0.717) is 23.0 Å². The minimum absolute atomic E-state index is 0. The number of hydrogen-bond donors (Lipinski definition) is 0. The summed E-state index contributed by atoms with van der Waals surface area (Å²) in [6.45, 7) is 1.80. The third kappa shape index (κ3) is 7.54. The summed E-state index contributed by atoms with van der Waals surface area (Å²) in [5.74, 6) is 0.726. The monoisotopic (exact) mass is 802 g/mol. The second kappa shape index (κ2) is 14.8. The van der Waals surface area contributed by atoms with Crippen molar-refractivity contribution in [2.75, 3.05) is 0 Å². The maximum Gasteiger partial charge on any atom is 0.242 e. The molecule has 4 aromatic heterocycles. The molecule has 0 N–H and O–H groups in total. The van der Waals surface area contributed by atoms with Crippen LogP contribution in [0.2, 0.25) is 0 Å². The Morgan fingerprint density at radius 3 is 1.66 bits per heavy atom. The number of nitrogens with zero attached hydrogens (tertiary/aromatic N) is 8. The van der Waals surface area contributed by atoms with Gasteiger partial charge in [0, 0.05) is 43.8 Å². The number of pyridine rings is 1. The third-order valence-electron chi connectivity index (χ3n) is 6.90. The van der Waals surface area contributed by atoms with E-state index in [-0.39, 0.29) is 31.7 Å². The predicted molar refractivity (Wildman–Crippen MR) is 167 cm³/mol. The predicted octanol–water partition coefficient (Wildman–Crippen LogP) is 5.19. The summed E-state index contributed by atoms with van der Waals surface area (Å²) in [5, 5.41) is 7.65. The van der Waals surface area contributed by atoms with Crippen LogP contribution in [0.5, 0.6) is 0 Å². The van der Waals surface area contributed by atoms with Crippen molar-refractivity contribution in [2.45, 2.75) is 6.92 Å². The molecule has 0 amide bonds. The summed E-state index contributed by atoms with van der Waals surface area (Å²) in [7, 11) is 3.83. The molecule has 47 heavy (non-hydrogen) atoms. The van der Waals surface area contributed by atoms with Crippen molar-refractivity contribution >= 4 is 22.1 Å². The molecular formula is C36H27F2IrN8-3. The number of fused-ring (bicyclic) bond motifs is 2. The van der Waals surface area contributed by atoms with Gasteiger partial charge in [0.2, 0.25) is 12.7 Å². The molecule has 0 saturated carbocycles. The van der Waals surface area contributed by atoms with Crippen LogP contribution in [0.15, 0.2) is 109 Å². The van der Waals surface area contributed by atoms with Gasteiger partial charge in [-0.2, -0.15) is 24.3 Å². The van der Waals surface area contributed by atoms with Gasteiger partial charge < -0.3 is 28.4 Å². The molecule has 0 unspecified atom stereocenters. The Balaban J connectivity index is 0.000000139. The summed E-state index contributed by atoms with van der Waals surface area (Å²) < 4.78 is 33.8. The Kier molecular flexibility index (Phi) is 10.4. The Labute approximate surface area is 284 Å². The van der Waals surface area contributed by atoms with Gasteiger partial charge in [0.1, 0.15) is 0 Å². The van der Waals surface area contributed by atoms with Crippen LogP contribution in [0.1, 0.15) is 5.82 Å². The first-order chi connectivity index (χ1) is 22.4. The van der Waals surface area contributed by atoms with Gasteiger partial charge >= 0.3 is 0 Å². The van der Waals surface area contributed by atoms with E-state index in [0.717, 1.165) is 27.8 Å². The van der Waals surface area contributed by atoms with Crippen molar-refractivity contribution in [3.05, 3.63) is 152 Å². The van der Waals surface area contributed by atoms with Crippen LogP contribution in [-0.4, -0.2) is 24.2 Å². The molecule has 0 spiro atoms. The number of hydrogen-bond acceptors (Lipinski definition) is 3. The molecule has 8 aromatic rings. The van der Waals surface area contributed by atoms with Crippen molar-refractivity contribution in [1.29, 1.82) is 0 Å². The minimum Gasteiger partial charge on any atom is -0.421 e. The minimum atomic E-state index is -0.271. The van der Waals surface area contributed by atoms with Gasteiger partial charge in [0.25, 0.3) is 0 Å². The van der Waals surface area contributed by atoms with E-state index in [2.05, 4.69) is 45.0 Å². The fourth-order valence-corrected chi connectivity index (χ4v) is 4.79. The molecule has 8 rings (SSSR count). The molecule has 4 heterocycles. The van der Waals surface area contributed by atoms with Gasteiger partial charge in [0.05, 0.1) is 41.9 Å². The Morgan fingerprint density at radius 1 is 0.702 bits per heavy atom. The van der Waals surface area contributed by atoms with Gasteiger partial charge in [-0.3, -0.25) is 10.1 Å². The van der Waals surface area contributed by atoms with E-state index in [4.69, 9.17) is 0 Å². The Morgan fingerprint density at radius 2 is 1.21 bits per heavy atom. The fourth-order valence-electron chi connectivity index (χ4n) is 4.79. The standard InChI is InChI=1S/2C14H10FN2.C8H7N4.Ir/c2*1-16-10-17(12-6-4-5-11(15)9-12)14-8-3-2-7-13(14)16;1-6-10-8(12-11-6)7-4-2-3-5-9-7;/h2*2-5,7-9H,1H3;2-5H,1H3;/q3*-1;. The summed E-state index contributed by atoms with van der Waals surface area (Å²) >= 11 is 0. The van der Waals surface area contributed by atoms with Crippen LogP contribution < -0.4 is 14.2 Å². The molecule has 0 atom stereocenters. The van der Waals surface area contributed by atoms with Crippen LogP contribution in [0.4, 0.5) is 8.78 Å². The first kappa shape index (κ1) is 33.0. The van der Waals surface area contributed by atoms with Crippen molar-refractivity contribution in [3.63, 3.8) is 0 Å². The molecule has 0 saturated heterocycles. The van der Waals surface area contributed by atoms with Gasteiger partial charge in [0.15, 0.2) is 0 Å². The van der Waals surface area contributed by atoms with Crippen molar-refractivity contribution in [3.8, 4) is 22.9 Å². The zero-order chi connectivity index (χ0) is 32.0. The number of aryl methyl sites for hydroxylation is 3. The van der Waals surface area contributed by atoms with E-state index < -0.39 is 0 Å².